The predicted molar refractivity (Wildman–Crippen MR) is 112 cm³/mol. The van der Waals surface area contributed by atoms with Crippen LogP contribution in [-0.4, -0.2) is 25.9 Å². The third kappa shape index (κ3) is 3.34. The van der Waals surface area contributed by atoms with Crippen LogP contribution >= 0.6 is 0 Å². The molecule has 0 aliphatic heterocycles. The standard InChI is InChI=1S/C22H27N5O2/c1-4-14(3)27-19(23)16(21(28)24-15-7-5-6-8-15)11-17-20(27)25-18-10-9-13(2)12-26(18)22(17)29/h9-12,14-15,23H,4-8H2,1-3H3,(H,24,28)/t14-/m0/s1. The minimum absolute atomic E-state index is 0.0657. The largest absolute Gasteiger partial charge is 0.349 e. The van der Waals surface area contributed by atoms with E-state index in [0.717, 1.165) is 37.7 Å². The molecular weight excluding hydrogens is 366 g/mol. The summed E-state index contributed by atoms with van der Waals surface area (Å²) in [6, 6.07) is 5.34. The second kappa shape index (κ2) is 7.46. The van der Waals surface area contributed by atoms with Crippen LogP contribution in [-0.2, 0) is 0 Å². The van der Waals surface area contributed by atoms with Crippen LogP contribution in [0.25, 0.3) is 16.7 Å². The van der Waals surface area contributed by atoms with Crippen LogP contribution in [0.15, 0.2) is 29.2 Å². The summed E-state index contributed by atoms with van der Waals surface area (Å²) in [6.45, 7) is 5.92. The molecule has 1 amide bonds. The molecule has 0 aromatic carbocycles. The van der Waals surface area contributed by atoms with Crippen LogP contribution in [0.3, 0.4) is 0 Å². The van der Waals surface area contributed by atoms with Gasteiger partial charge in [0.2, 0.25) is 0 Å². The lowest BCUT2D eigenvalue weighted by atomic mass is 10.1. The number of aryl methyl sites for hydroxylation is 1. The first-order chi connectivity index (χ1) is 13.9. The Morgan fingerprint density at radius 3 is 2.76 bits per heavy atom. The van der Waals surface area contributed by atoms with Crippen molar-refractivity contribution in [2.45, 2.75) is 65.0 Å². The van der Waals surface area contributed by atoms with Gasteiger partial charge in [0.1, 0.15) is 16.8 Å². The van der Waals surface area contributed by atoms with Gasteiger partial charge in [-0.2, -0.15) is 0 Å². The fourth-order valence-electron chi connectivity index (χ4n) is 4.12. The van der Waals surface area contributed by atoms with Crippen molar-refractivity contribution in [1.29, 1.82) is 5.41 Å². The minimum atomic E-state index is -0.283. The molecule has 3 aromatic heterocycles. The van der Waals surface area contributed by atoms with E-state index in [-0.39, 0.29) is 34.6 Å². The molecule has 1 aliphatic carbocycles. The van der Waals surface area contributed by atoms with Crippen molar-refractivity contribution in [2.24, 2.45) is 0 Å². The van der Waals surface area contributed by atoms with E-state index in [1.54, 1.807) is 16.8 Å². The Morgan fingerprint density at radius 2 is 2.07 bits per heavy atom. The van der Waals surface area contributed by atoms with E-state index in [1.807, 2.05) is 32.9 Å². The van der Waals surface area contributed by atoms with E-state index in [9.17, 15) is 9.59 Å². The Morgan fingerprint density at radius 1 is 1.34 bits per heavy atom. The molecule has 0 spiro atoms. The minimum Gasteiger partial charge on any atom is -0.349 e. The second-order valence-corrected chi connectivity index (χ2v) is 8.08. The Balaban J connectivity index is 1.99. The summed E-state index contributed by atoms with van der Waals surface area (Å²) in [5, 5.41) is 12.1. The van der Waals surface area contributed by atoms with Crippen molar-refractivity contribution in [3.8, 4) is 0 Å². The van der Waals surface area contributed by atoms with Crippen LogP contribution in [0.5, 0.6) is 0 Å². The van der Waals surface area contributed by atoms with Gasteiger partial charge >= 0.3 is 0 Å². The lowest BCUT2D eigenvalue weighted by Gasteiger charge is -2.20. The molecule has 7 heteroatoms. The highest BCUT2D eigenvalue weighted by Crippen LogP contribution is 2.19. The molecule has 4 rings (SSSR count). The average molecular weight is 393 g/mol. The van der Waals surface area contributed by atoms with Crippen LogP contribution < -0.4 is 16.4 Å². The molecule has 0 saturated heterocycles. The molecule has 3 heterocycles. The first-order valence-electron chi connectivity index (χ1n) is 10.3. The van der Waals surface area contributed by atoms with Gasteiger partial charge < -0.3 is 9.88 Å². The highest BCUT2D eigenvalue weighted by Gasteiger charge is 2.23. The Kier molecular flexibility index (Phi) is 4.98. The highest BCUT2D eigenvalue weighted by atomic mass is 16.2. The summed E-state index contributed by atoms with van der Waals surface area (Å²) < 4.78 is 3.24. The first kappa shape index (κ1) is 19.4. The number of hydrogen-bond donors (Lipinski definition) is 2. The summed E-state index contributed by atoms with van der Waals surface area (Å²) in [7, 11) is 0. The maximum atomic E-state index is 13.3. The molecule has 3 aromatic rings. The quantitative estimate of drug-likeness (QED) is 0.667. The van der Waals surface area contributed by atoms with E-state index in [2.05, 4.69) is 10.3 Å². The molecule has 1 fully saturated rings. The number of aromatic nitrogens is 3. The Labute approximate surface area is 168 Å². The van der Waals surface area contributed by atoms with Gasteiger partial charge in [-0.25, -0.2) is 4.98 Å². The van der Waals surface area contributed by atoms with Gasteiger partial charge in [-0.15, -0.1) is 0 Å². The fraction of sp³-hybridized carbons (Fsp3) is 0.455. The Hall–Kier alpha value is -2.96. The smallest absolute Gasteiger partial charge is 0.267 e. The average Bonchev–Trinajstić information content (AvgIpc) is 3.21. The van der Waals surface area contributed by atoms with Crippen molar-refractivity contribution in [2.75, 3.05) is 0 Å². The van der Waals surface area contributed by atoms with Gasteiger partial charge in [0.15, 0.2) is 0 Å². The zero-order valence-corrected chi connectivity index (χ0v) is 17.2. The van der Waals surface area contributed by atoms with Gasteiger partial charge in [0, 0.05) is 18.3 Å². The van der Waals surface area contributed by atoms with Gasteiger partial charge in [-0.1, -0.05) is 25.8 Å². The monoisotopic (exact) mass is 393 g/mol. The maximum Gasteiger partial charge on any atom is 0.267 e. The van der Waals surface area contributed by atoms with Crippen molar-refractivity contribution in [3.63, 3.8) is 0 Å². The summed E-state index contributed by atoms with van der Waals surface area (Å²) in [5.74, 6) is -0.283. The van der Waals surface area contributed by atoms with E-state index in [1.165, 1.54) is 4.40 Å². The molecule has 0 radical (unpaired) electrons. The number of carbonyl (C=O) groups is 1. The van der Waals surface area contributed by atoms with Gasteiger partial charge in [-0.05, 0) is 50.8 Å². The Bertz CT molecular complexity index is 1220. The van der Waals surface area contributed by atoms with E-state index >= 15 is 0 Å². The second-order valence-electron chi connectivity index (χ2n) is 8.08. The fourth-order valence-corrected chi connectivity index (χ4v) is 4.12. The topological polar surface area (TPSA) is 92.2 Å². The van der Waals surface area contributed by atoms with Gasteiger partial charge in [0.05, 0.1) is 10.9 Å². The molecule has 1 aliphatic rings. The van der Waals surface area contributed by atoms with E-state index in [4.69, 9.17) is 5.41 Å². The zero-order valence-electron chi connectivity index (χ0n) is 17.2. The number of rotatable bonds is 4. The summed E-state index contributed by atoms with van der Waals surface area (Å²) in [6.07, 6.45) is 6.66. The van der Waals surface area contributed by atoms with E-state index < -0.39 is 0 Å². The number of fused-ring (bicyclic) bond motifs is 2. The zero-order chi connectivity index (χ0) is 20.7. The van der Waals surface area contributed by atoms with Crippen LogP contribution in [0.1, 0.15) is 67.9 Å². The van der Waals surface area contributed by atoms with Gasteiger partial charge in [0.25, 0.3) is 11.5 Å². The normalized spacial score (nSPS) is 15.8. The molecule has 7 nitrogen and oxygen atoms in total. The third-order valence-electron chi connectivity index (χ3n) is 5.96. The van der Waals surface area contributed by atoms with Crippen LogP contribution in [0, 0.1) is 12.3 Å². The highest BCUT2D eigenvalue weighted by molar-refractivity contribution is 5.97. The van der Waals surface area contributed by atoms with Crippen molar-refractivity contribution < 1.29 is 4.79 Å². The third-order valence-corrected chi connectivity index (χ3v) is 5.96. The van der Waals surface area contributed by atoms with Crippen LogP contribution in [0.4, 0.5) is 0 Å². The maximum absolute atomic E-state index is 13.3. The molecule has 0 unspecified atom stereocenters. The summed E-state index contributed by atoms with van der Waals surface area (Å²) in [4.78, 5) is 30.9. The molecule has 152 valence electrons. The number of carbonyl (C=O) groups excluding carboxylic acids is 1. The number of pyridine rings is 2. The molecule has 2 N–H and O–H groups in total. The van der Waals surface area contributed by atoms with E-state index in [0.29, 0.717) is 16.7 Å². The predicted octanol–water partition coefficient (Wildman–Crippen LogP) is 3.08. The lowest BCUT2D eigenvalue weighted by Crippen LogP contribution is -2.39. The summed E-state index contributed by atoms with van der Waals surface area (Å²) in [5.41, 5.74) is 2.05. The molecule has 1 saturated carbocycles. The first-order valence-corrected chi connectivity index (χ1v) is 10.3. The summed E-state index contributed by atoms with van der Waals surface area (Å²) >= 11 is 0. The molecule has 29 heavy (non-hydrogen) atoms. The van der Waals surface area contributed by atoms with Crippen molar-refractivity contribution in [1.82, 2.24) is 19.3 Å². The lowest BCUT2D eigenvalue weighted by molar-refractivity contribution is 0.0935. The van der Waals surface area contributed by atoms with Gasteiger partial charge in [-0.3, -0.25) is 19.4 Å². The van der Waals surface area contributed by atoms with Crippen LogP contribution in [0.2, 0.25) is 0 Å². The number of hydrogen-bond acceptors (Lipinski definition) is 4. The number of nitrogens with zero attached hydrogens (tertiary/aromatic N) is 3. The number of amides is 1. The molecule has 1 atom stereocenters. The van der Waals surface area contributed by atoms with Crippen molar-refractivity contribution in [3.05, 3.63) is 51.4 Å². The number of nitrogens with one attached hydrogen (secondary N) is 2. The molecule has 0 bridgehead atoms. The van der Waals surface area contributed by atoms with Crippen molar-refractivity contribution >= 4 is 22.6 Å². The molecular formula is C22H27N5O2. The SMILES string of the molecule is CC[C@H](C)n1c(=N)c(C(=O)NC2CCCC2)cc2c(=O)n3cc(C)ccc3nc21.